The van der Waals surface area contributed by atoms with Gasteiger partial charge in [0.2, 0.25) is 0 Å². The summed E-state index contributed by atoms with van der Waals surface area (Å²) in [6.07, 6.45) is 1.48. The smallest absolute Gasteiger partial charge is 0.265 e. The maximum Gasteiger partial charge on any atom is 0.265 e. The van der Waals surface area contributed by atoms with E-state index in [4.69, 9.17) is 31.0 Å². The average molecular weight is 508 g/mol. The molecule has 0 aliphatic carbocycles. The second-order valence-corrected chi connectivity index (χ2v) is 9.60. The first kappa shape index (κ1) is 23.0. The normalized spacial score (nSPS) is 19.6. The third kappa shape index (κ3) is 4.03. The van der Waals surface area contributed by atoms with Crippen LogP contribution in [0.5, 0.6) is 0 Å². The van der Waals surface area contributed by atoms with Crippen LogP contribution in [0, 0.1) is 12.7 Å². The fourth-order valence-corrected chi connectivity index (χ4v) is 5.00. The van der Waals surface area contributed by atoms with Crippen molar-refractivity contribution in [3.05, 3.63) is 86.3 Å². The monoisotopic (exact) mass is 507 g/mol. The SMILES string of the molecule is Cc1cc(C2CN(c3cc4nc5c(c(=O)n4c(-c4ccc(Cl)cc4F)n3)COC5)CC(C)O2)ccn1. The molecular formula is C26H23ClFN5O3. The Morgan fingerprint density at radius 1 is 1.11 bits per heavy atom. The number of benzene rings is 1. The molecule has 1 saturated heterocycles. The maximum atomic E-state index is 15.1. The van der Waals surface area contributed by atoms with Crippen LogP contribution in [0.1, 0.15) is 35.5 Å². The molecular weight excluding hydrogens is 485 g/mol. The number of hydrogen-bond acceptors (Lipinski definition) is 7. The predicted octanol–water partition coefficient (Wildman–Crippen LogP) is 4.25. The van der Waals surface area contributed by atoms with Crippen molar-refractivity contribution in [2.45, 2.75) is 39.3 Å². The second-order valence-electron chi connectivity index (χ2n) is 9.16. The van der Waals surface area contributed by atoms with Crippen molar-refractivity contribution in [2.75, 3.05) is 18.0 Å². The number of rotatable bonds is 3. The Morgan fingerprint density at radius 3 is 2.78 bits per heavy atom. The van der Waals surface area contributed by atoms with Gasteiger partial charge in [-0.15, -0.1) is 0 Å². The molecule has 2 aliphatic heterocycles. The minimum Gasteiger partial charge on any atom is -0.370 e. The molecule has 36 heavy (non-hydrogen) atoms. The predicted molar refractivity (Wildman–Crippen MR) is 133 cm³/mol. The van der Waals surface area contributed by atoms with Gasteiger partial charge in [-0.25, -0.2) is 18.8 Å². The van der Waals surface area contributed by atoms with Gasteiger partial charge in [0.1, 0.15) is 23.4 Å². The van der Waals surface area contributed by atoms with Crippen molar-refractivity contribution in [3.8, 4) is 11.4 Å². The van der Waals surface area contributed by atoms with Gasteiger partial charge < -0.3 is 14.4 Å². The van der Waals surface area contributed by atoms with Gasteiger partial charge in [-0.05, 0) is 49.7 Å². The van der Waals surface area contributed by atoms with E-state index in [1.807, 2.05) is 26.0 Å². The Labute approximate surface area is 211 Å². The Hall–Kier alpha value is -3.40. The van der Waals surface area contributed by atoms with Crippen molar-refractivity contribution < 1.29 is 13.9 Å². The molecule has 0 radical (unpaired) electrons. The Kier molecular flexibility index (Phi) is 5.70. The zero-order valence-corrected chi connectivity index (χ0v) is 20.5. The van der Waals surface area contributed by atoms with Crippen LogP contribution in [0.3, 0.4) is 0 Å². The molecule has 0 saturated carbocycles. The quantitative estimate of drug-likeness (QED) is 0.410. The highest BCUT2D eigenvalue weighted by Crippen LogP contribution is 2.31. The number of aromatic nitrogens is 4. The second kappa shape index (κ2) is 8.92. The summed E-state index contributed by atoms with van der Waals surface area (Å²) >= 11 is 6.00. The summed E-state index contributed by atoms with van der Waals surface area (Å²) in [5.41, 5.74) is 3.23. The van der Waals surface area contributed by atoms with Crippen molar-refractivity contribution in [1.82, 2.24) is 19.4 Å². The van der Waals surface area contributed by atoms with E-state index in [9.17, 15) is 4.79 Å². The van der Waals surface area contributed by atoms with Crippen LogP contribution in [-0.2, 0) is 22.7 Å². The topological polar surface area (TPSA) is 81.9 Å². The van der Waals surface area contributed by atoms with Crippen LogP contribution >= 0.6 is 11.6 Å². The van der Waals surface area contributed by atoms with Crippen LogP contribution in [0.25, 0.3) is 17.0 Å². The highest BCUT2D eigenvalue weighted by Gasteiger charge is 2.29. The van der Waals surface area contributed by atoms with E-state index in [1.54, 1.807) is 18.3 Å². The van der Waals surface area contributed by atoms with Gasteiger partial charge in [0.05, 0.1) is 36.1 Å². The minimum atomic E-state index is -0.572. The Bertz CT molecular complexity index is 1560. The maximum absolute atomic E-state index is 15.1. The largest absolute Gasteiger partial charge is 0.370 e. The van der Waals surface area contributed by atoms with Crippen LogP contribution < -0.4 is 10.5 Å². The molecule has 0 bridgehead atoms. The Balaban J connectivity index is 1.52. The van der Waals surface area contributed by atoms with Gasteiger partial charge in [-0.1, -0.05) is 11.6 Å². The molecule has 2 atom stereocenters. The van der Waals surface area contributed by atoms with Crippen LogP contribution in [-0.4, -0.2) is 38.5 Å². The molecule has 0 amide bonds. The number of ether oxygens (including phenoxy) is 2. The molecule has 4 aromatic rings. The lowest BCUT2D eigenvalue weighted by atomic mass is 10.1. The minimum absolute atomic E-state index is 0.0884. The molecule has 2 aliphatic rings. The lowest BCUT2D eigenvalue weighted by molar-refractivity contribution is -0.0176. The zero-order valence-electron chi connectivity index (χ0n) is 19.7. The lowest BCUT2D eigenvalue weighted by Crippen LogP contribution is -2.43. The van der Waals surface area contributed by atoms with Crippen molar-refractivity contribution in [1.29, 1.82) is 0 Å². The van der Waals surface area contributed by atoms with E-state index in [0.717, 1.165) is 11.3 Å². The lowest BCUT2D eigenvalue weighted by Gasteiger charge is -2.38. The summed E-state index contributed by atoms with van der Waals surface area (Å²) in [6.45, 7) is 5.48. The number of anilines is 1. The van der Waals surface area contributed by atoms with Crippen molar-refractivity contribution >= 4 is 23.1 Å². The van der Waals surface area contributed by atoms with Gasteiger partial charge in [0.25, 0.3) is 5.56 Å². The fraction of sp³-hybridized carbons (Fsp3) is 0.308. The molecule has 6 rings (SSSR count). The highest BCUT2D eigenvalue weighted by atomic mass is 35.5. The van der Waals surface area contributed by atoms with Crippen LogP contribution in [0.4, 0.5) is 10.2 Å². The molecule has 5 heterocycles. The van der Waals surface area contributed by atoms with Crippen LogP contribution in [0.15, 0.2) is 47.4 Å². The average Bonchev–Trinajstić information content (AvgIpc) is 3.32. The molecule has 1 fully saturated rings. The van der Waals surface area contributed by atoms with E-state index < -0.39 is 5.82 Å². The third-order valence-electron chi connectivity index (χ3n) is 6.51. The van der Waals surface area contributed by atoms with E-state index in [0.29, 0.717) is 35.8 Å². The molecule has 10 heteroatoms. The fourth-order valence-electron chi connectivity index (χ4n) is 4.84. The number of fused-ring (bicyclic) bond motifs is 2. The van der Waals surface area contributed by atoms with Crippen molar-refractivity contribution in [2.24, 2.45) is 0 Å². The summed E-state index contributed by atoms with van der Waals surface area (Å²) in [4.78, 5) is 29.3. The summed E-state index contributed by atoms with van der Waals surface area (Å²) in [5.74, 6) is 0.174. The van der Waals surface area contributed by atoms with Gasteiger partial charge >= 0.3 is 0 Å². The number of hydrogen-bond donors (Lipinski definition) is 0. The van der Waals surface area contributed by atoms with E-state index in [2.05, 4.69) is 9.88 Å². The summed E-state index contributed by atoms with van der Waals surface area (Å²) in [6, 6.07) is 10.0. The number of aryl methyl sites for hydroxylation is 1. The first-order valence-electron chi connectivity index (χ1n) is 11.7. The summed E-state index contributed by atoms with van der Waals surface area (Å²) < 4.78 is 28.2. The van der Waals surface area contributed by atoms with Gasteiger partial charge in [-0.3, -0.25) is 9.78 Å². The van der Waals surface area contributed by atoms with Crippen molar-refractivity contribution in [3.63, 3.8) is 0 Å². The molecule has 3 aromatic heterocycles. The highest BCUT2D eigenvalue weighted by molar-refractivity contribution is 6.30. The van der Waals surface area contributed by atoms with Crippen LogP contribution in [0.2, 0.25) is 5.02 Å². The molecule has 0 spiro atoms. The first-order chi connectivity index (χ1) is 17.4. The number of nitrogens with zero attached hydrogens (tertiary/aromatic N) is 5. The molecule has 8 nitrogen and oxygen atoms in total. The van der Waals surface area contributed by atoms with Gasteiger partial charge in [0, 0.05) is 36.1 Å². The third-order valence-corrected chi connectivity index (χ3v) is 6.75. The first-order valence-corrected chi connectivity index (χ1v) is 12.1. The van der Waals surface area contributed by atoms with Gasteiger partial charge in [-0.2, -0.15) is 0 Å². The molecule has 0 N–H and O–H groups in total. The van der Waals surface area contributed by atoms with E-state index in [-0.39, 0.29) is 47.4 Å². The standard InChI is InChI=1S/C26H23ClFN5O3/c1-14-7-16(5-6-29-14)22-11-32(10-15(2)36-22)23-9-24-30-21-13-35-12-19(21)26(34)33(24)25(31-23)18-4-3-17(27)8-20(18)28/h3-9,15,22H,10-13H2,1-2H3. The summed E-state index contributed by atoms with van der Waals surface area (Å²) in [5, 5.41) is 0.258. The molecule has 2 unspecified atom stereocenters. The summed E-state index contributed by atoms with van der Waals surface area (Å²) in [7, 11) is 0. The van der Waals surface area contributed by atoms with Gasteiger partial charge in [0.15, 0.2) is 5.82 Å². The Morgan fingerprint density at radius 2 is 1.97 bits per heavy atom. The zero-order chi connectivity index (χ0) is 25.0. The molecule has 1 aromatic carbocycles. The number of morpholine rings is 1. The number of halogens is 2. The molecule has 184 valence electrons. The number of pyridine rings is 1. The van der Waals surface area contributed by atoms with E-state index >= 15 is 4.39 Å². The van der Waals surface area contributed by atoms with E-state index in [1.165, 1.54) is 16.5 Å².